The lowest BCUT2D eigenvalue weighted by Crippen LogP contribution is -2.31. The molecule has 0 saturated heterocycles. The molecule has 28 heavy (non-hydrogen) atoms. The summed E-state index contributed by atoms with van der Waals surface area (Å²) in [6, 6.07) is 12.5. The highest BCUT2D eigenvalue weighted by molar-refractivity contribution is 7.90. The number of sulfone groups is 1. The van der Waals surface area contributed by atoms with E-state index >= 15 is 0 Å². The average molecular weight is 395 g/mol. The Balaban J connectivity index is 1.45. The minimum Gasteiger partial charge on any atom is -0.294 e. The number of benzene rings is 1. The van der Waals surface area contributed by atoms with Gasteiger partial charge in [0, 0.05) is 55.8 Å². The number of hydrogen-bond donors (Lipinski definition) is 0. The molecule has 0 amide bonds. The van der Waals surface area contributed by atoms with E-state index in [0.29, 0.717) is 6.54 Å². The summed E-state index contributed by atoms with van der Waals surface area (Å²) in [5.74, 6) is 0. The predicted molar refractivity (Wildman–Crippen MR) is 107 cm³/mol. The second-order valence-corrected chi connectivity index (χ2v) is 9.18. The first-order valence-corrected chi connectivity index (χ1v) is 11.1. The molecule has 0 unspecified atom stereocenters. The normalized spacial score (nSPS) is 14.6. The van der Waals surface area contributed by atoms with Gasteiger partial charge in [-0.3, -0.25) is 9.88 Å². The summed E-state index contributed by atoms with van der Waals surface area (Å²) in [7, 11) is -3.37. The van der Waals surface area contributed by atoms with Crippen LogP contribution in [-0.2, 0) is 29.3 Å². The molecule has 0 aliphatic carbocycles. The zero-order valence-electron chi connectivity index (χ0n) is 16.0. The van der Waals surface area contributed by atoms with E-state index in [4.69, 9.17) is 0 Å². The van der Waals surface area contributed by atoms with Crippen molar-refractivity contribution in [2.24, 2.45) is 0 Å². The largest absolute Gasteiger partial charge is 0.294 e. The van der Waals surface area contributed by atoms with Crippen LogP contribution in [0.25, 0.3) is 11.3 Å². The molecule has 4 rings (SSSR count). The predicted octanol–water partition coefficient (Wildman–Crippen LogP) is 2.81. The minimum atomic E-state index is -3.37. The fourth-order valence-corrected chi connectivity index (χ4v) is 3.86. The number of pyridine rings is 1. The van der Waals surface area contributed by atoms with E-state index in [9.17, 15) is 8.42 Å². The molecule has 144 valence electrons. The van der Waals surface area contributed by atoms with Crippen molar-refractivity contribution in [1.29, 1.82) is 0 Å². The standard InChI is InChI=1S/C21H22N4O2S/c1-15-3-6-17(7-4-15)19-8-5-16(11-22-19)13-25-10-9-20-18(14-25)12-23-21(24-20)28(2,26)27/h3-8,11-12H,9-10,13-14H2,1-2H3. The molecule has 0 atom stereocenters. The minimum absolute atomic E-state index is 0.0874. The summed E-state index contributed by atoms with van der Waals surface area (Å²) in [5.41, 5.74) is 6.28. The third-order valence-electron chi connectivity index (χ3n) is 4.90. The monoisotopic (exact) mass is 394 g/mol. The number of hydrogen-bond acceptors (Lipinski definition) is 6. The molecule has 2 aromatic heterocycles. The molecule has 0 N–H and O–H groups in total. The van der Waals surface area contributed by atoms with Crippen molar-refractivity contribution in [3.05, 3.63) is 71.2 Å². The van der Waals surface area contributed by atoms with Crippen molar-refractivity contribution >= 4 is 9.84 Å². The van der Waals surface area contributed by atoms with Crippen LogP contribution in [0.15, 0.2) is 53.9 Å². The van der Waals surface area contributed by atoms with Gasteiger partial charge in [0.2, 0.25) is 15.0 Å². The molecule has 6 nitrogen and oxygen atoms in total. The van der Waals surface area contributed by atoms with Gasteiger partial charge in [-0.05, 0) is 18.6 Å². The Morgan fingerprint density at radius 2 is 1.82 bits per heavy atom. The second kappa shape index (κ2) is 7.41. The summed E-state index contributed by atoms with van der Waals surface area (Å²) < 4.78 is 23.3. The smallest absolute Gasteiger partial charge is 0.246 e. The maximum atomic E-state index is 11.6. The van der Waals surface area contributed by atoms with Crippen LogP contribution in [-0.4, -0.2) is 41.1 Å². The van der Waals surface area contributed by atoms with Gasteiger partial charge in [-0.25, -0.2) is 18.4 Å². The summed E-state index contributed by atoms with van der Waals surface area (Å²) in [6.45, 7) is 4.39. The van der Waals surface area contributed by atoms with Crippen LogP contribution in [0.1, 0.15) is 22.4 Å². The summed E-state index contributed by atoms with van der Waals surface area (Å²) in [6.07, 6.45) is 5.42. The van der Waals surface area contributed by atoms with Crippen LogP contribution in [0.4, 0.5) is 0 Å². The van der Waals surface area contributed by atoms with Crippen LogP contribution in [0.5, 0.6) is 0 Å². The summed E-state index contributed by atoms with van der Waals surface area (Å²) >= 11 is 0. The average Bonchev–Trinajstić information content (AvgIpc) is 2.68. The number of nitrogens with zero attached hydrogens (tertiary/aromatic N) is 4. The SMILES string of the molecule is Cc1ccc(-c2ccc(CN3CCc4nc(S(C)(=O)=O)ncc4C3)cn2)cc1. The van der Waals surface area contributed by atoms with Gasteiger partial charge in [-0.2, -0.15) is 0 Å². The van der Waals surface area contributed by atoms with E-state index in [-0.39, 0.29) is 5.16 Å². The Bertz CT molecular complexity index is 1090. The molecule has 0 spiro atoms. The number of aromatic nitrogens is 3. The van der Waals surface area contributed by atoms with Crippen molar-refractivity contribution in [3.63, 3.8) is 0 Å². The lowest BCUT2D eigenvalue weighted by atomic mass is 10.1. The summed E-state index contributed by atoms with van der Waals surface area (Å²) in [4.78, 5) is 15.2. The first-order valence-electron chi connectivity index (χ1n) is 9.18. The second-order valence-electron chi connectivity index (χ2n) is 7.28. The fraction of sp³-hybridized carbons (Fsp3) is 0.286. The van der Waals surface area contributed by atoms with E-state index in [0.717, 1.165) is 53.8 Å². The van der Waals surface area contributed by atoms with Gasteiger partial charge in [-0.15, -0.1) is 0 Å². The van der Waals surface area contributed by atoms with Gasteiger partial charge in [0.05, 0.1) is 11.4 Å². The Morgan fingerprint density at radius 3 is 2.50 bits per heavy atom. The van der Waals surface area contributed by atoms with Crippen LogP contribution < -0.4 is 0 Å². The van der Waals surface area contributed by atoms with E-state index in [1.165, 1.54) is 5.56 Å². The van der Waals surface area contributed by atoms with Crippen LogP contribution >= 0.6 is 0 Å². The highest BCUT2D eigenvalue weighted by atomic mass is 32.2. The molecule has 7 heteroatoms. The Morgan fingerprint density at radius 1 is 1.04 bits per heavy atom. The lowest BCUT2D eigenvalue weighted by Gasteiger charge is -2.27. The highest BCUT2D eigenvalue weighted by Crippen LogP contribution is 2.21. The maximum absolute atomic E-state index is 11.6. The van der Waals surface area contributed by atoms with Crippen molar-refractivity contribution in [3.8, 4) is 11.3 Å². The van der Waals surface area contributed by atoms with Crippen molar-refractivity contribution in [1.82, 2.24) is 19.9 Å². The van der Waals surface area contributed by atoms with Gasteiger partial charge in [0.15, 0.2) is 0 Å². The molecule has 1 aromatic carbocycles. The Hall–Kier alpha value is -2.64. The van der Waals surface area contributed by atoms with E-state index in [1.54, 1.807) is 6.20 Å². The number of rotatable bonds is 4. The molecular formula is C21H22N4O2S. The summed E-state index contributed by atoms with van der Waals surface area (Å²) in [5, 5.41) is -0.0874. The molecule has 3 heterocycles. The first kappa shape index (κ1) is 18.7. The molecule has 1 aliphatic heterocycles. The van der Waals surface area contributed by atoms with Gasteiger partial charge in [0.1, 0.15) is 0 Å². The van der Waals surface area contributed by atoms with E-state index in [1.807, 2.05) is 6.20 Å². The van der Waals surface area contributed by atoms with Gasteiger partial charge in [0.25, 0.3) is 0 Å². The lowest BCUT2D eigenvalue weighted by molar-refractivity contribution is 0.242. The van der Waals surface area contributed by atoms with Crippen LogP contribution in [0.3, 0.4) is 0 Å². The van der Waals surface area contributed by atoms with Gasteiger partial charge < -0.3 is 0 Å². The molecule has 0 fully saturated rings. The Labute approximate surface area is 165 Å². The first-order chi connectivity index (χ1) is 13.4. The third-order valence-corrected chi connectivity index (χ3v) is 5.76. The van der Waals surface area contributed by atoms with Crippen LogP contribution in [0.2, 0.25) is 0 Å². The highest BCUT2D eigenvalue weighted by Gasteiger charge is 2.21. The maximum Gasteiger partial charge on any atom is 0.246 e. The Kier molecular flexibility index (Phi) is 4.95. The van der Waals surface area contributed by atoms with Crippen molar-refractivity contribution in [2.45, 2.75) is 31.6 Å². The van der Waals surface area contributed by atoms with Crippen LogP contribution in [0, 0.1) is 6.92 Å². The van der Waals surface area contributed by atoms with Gasteiger partial charge >= 0.3 is 0 Å². The molecular weight excluding hydrogens is 372 g/mol. The topological polar surface area (TPSA) is 76.1 Å². The third kappa shape index (κ3) is 4.10. The zero-order chi connectivity index (χ0) is 19.7. The number of fused-ring (bicyclic) bond motifs is 1. The fourth-order valence-electron chi connectivity index (χ4n) is 3.34. The molecule has 1 aliphatic rings. The van der Waals surface area contributed by atoms with Crippen molar-refractivity contribution < 1.29 is 8.42 Å². The van der Waals surface area contributed by atoms with E-state index in [2.05, 4.69) is 63.2 Å². The van der Waals surface area contributed by atoms with Crippen molar-refractivity contribution in [2.75, 3.05) is 12.8 Å². The molecule has 3 aromatic rings. The zero-order valence-corrected chi connectivity index (χ0v) is 16.8. The molecule has 0 saturated carbocycles. The molecule has 0 radical (unpaired) electrons. The quantitative estimate of drug-likeness (QED) is 0.634. The number of aryl methyl sites for hydroxylation is 1. The van der Waals surface area contributed by atoms with E-state index < -0.39 is 9.84 Å². The molecule has 0 bridgehead atoms. The van der Waals surface area contributed by atoms with Gasteiger partial charge in [-0.1, -0.05) is 35.9 Å².